The summed E-state index contributed by atoms with van der Waals surface area (Å²) in [7, 11) is 4.85. The fraction of sp³-hybridized carbons (Fsp3) is 0.200. The topological polar surface area (TPSA) is 43.5 Å². The number of halogens is 1. The maximum absolute atomic E-state index is 6.14. The molecule has 2 aromatic carbocycles. The number of aromatic amines is 1. The highest BCUT2D eigenvalue weighted by Gasteiger charge is 2.16. The van der Waals surface area contributed by atoms with Crippen LogP contribution in [0, 0.1) is 0 Å². The van der Waals surface area contributed by atoms with Crippen molar-refractivity contribution in [1.82, 2.24) is 4.98 Å². The molecule has 0 aliphatic heterocycles. The Morgan fingerprint density at radius 1 is 0.850 bits per heavy atom. The quantitative estimate of drug-likeness (QED) is 0.793. The molecule has 20 heavy (non-hydrogen) atoms. The van der Waals surface area contributed by atoms with Crippen LogP contribution in [0.4, 0.5) is 0 Å². The van der Waals surface area contributed by atoms with Gasteiger partial charge < -0.3 is 19.2 Å². The summed E-state index contributed by atoms with van der Waals surface area (Å²) in [5, 5.41) is 2.63. The first kappa shape index (κ1) is 12.9. The van der Waals surface area contributed by atoms with E-state index in [1.54, 1.807) is 27.4 Å². The van der Waals surface area contributed by atoms with E-state index in [2.05, 4.69) is 4.98 Å². The van der Waals surface area contributed by atoms with Gasteiger partial charge in [-0.2, -0.15) is 0 Å². The number of benzene rings is 2. The number of aromatic nitrogens is 1. The first-order chi connectivity index (χ1) is 9.69. The molecule has 1 heterocycles. The highest BCUT2D eigenvalue weighted by molar-refractivity contribution is 6.32. The molecule has 0 saturated carbocycles. The second kappa shape index (κ2) is 4.80. The SMILES string of the molecule is COc1ccc2c([nH]c3c(OC)cc(Cl)cc32)c1OC. The van der Waals surface area contributed by atoms with E-state index in [1.165, 1.54) is 0 Å². The third-order valence-corrected chi connectivity index (χ3v) is 3.59. The lowest BCUT2D eigenvalue weighted by molar-refractivity contribution is 0.358. The van der Waals surface area contributed by atoms with Crippen LogP contribution in [0.1, 0.15) is 0 Å². The maximum Gasteiger partial charge on any atom is 0.184 e. The average Bonchev–Trinajstić information content (AvgIpc) is 2.83. The molecular formula is C15H14ClNO3. The number of nitrogens with one attached hydrogen (secondary N) is 1. The van der Waals surface area contributed by atoms with E-state index in [-0.39, 0.29) is 0 Å². The van der Waals surface area contributed by atoms with Crippen LogP contribution in [-0.4, -0.2) is 26.3 Å². The van der Waals surface area contributed by atoms with Crippen LogP contribution in [0.5, 0.6) is 17.2 Å². The van der Waals surface area contributed by atoms with E-state index in [0.29, 0.717) is 22.3 Å². The van der Waals surface area contributed by atoms with Crippen LogP contribution in [0.2, 0.25) is 5.02 Å². The third kappa shape index (κ3) is 1.76. The smallest absolute Gasteiger partial charge is 0.184 e. The molecule has 1 aromatic heterocycles. The standard InChI is InChI=1S/C15H14ClNO3/c1-18-11-5-4-9-10-6-8(16)7-12(19-2)13(10)17-14(9)15(11)20-3/h4-7,17H,1-3H3. The zero-order chi connectivity index (χ0) is 14.3. The lowest BCUT2D eigenvalue weighted by Crippen LogP contribution is -1.90. The normalized spacial score (nSPS) is 11.0. The minimum absolute atomic E-state index is 0.630. The first-order valence-corrected chi connectivity index (χ1v) is 6.47. The van der Waals surface area contributed by atoms with E-state index >= 15 is 0 Å². The van der Waals surface area contributed by atoms with E-state index in [9.17, 15) is 0 Å². The van der Waals surface area contributed by atoms with Gasteiger partial charge in [0.05, 0.1) is 32.4 Å². The fourth-order valence-corrected chi connectivity index (χ4v) is 2.69. The van der Waals surface area contributed by atoms with E-state index in [4.69, 9.17) is 25.8 Å². The predicted molar refractivity (Wildman–Crippen MR) is 80.5 cm³/mol. The Labute approximate surface area is 121 Å². The van der Waals surface area contributed by atoms with E-state index in [1.807, 2.05) is 18.2 Å². The van der Waals surface area contributed by atoms with Crippen molar-refractivity contribution in [3.63, 3.8) is 0 Å². The largest absolute Gasteiger partial charge is 0.495 e. The van der Waals surface area contributed by atoms with Gasteiger partial charge in [-0.1, -0.05) is 11.6 Å². The summed E-state index contributed by atoms with van der Waals surface area (Å²) in [6, 6.07) is 7.54. The van der Waals surface area contributed by atoms with Gasteiger partial charge in [-0.25, -0.2) is 0 Å². The van der Waals surface area contributed by atoms with E-state index < -0.39 is 0 Å². The third-order valence-electron chi connectivity index (χ3n) is 3.37. The maximum atomic E-state index is 6.14. The molecule has 0 atom stereocenters. The second-order valence-corrected chi connectivity index (χ2v) is 4.82. The molecule has 0 bridgehead atoms. The molecule has 0 aliphatic rings. The molecule has 104 valence electrons. The first-order valence-electron chi connectivity index (χ1n) is 6.09. The van der Waals surface area contributed by atoms with Crippen molar-refractivity contribution in [2.45, 2.75) is 0 Å². The molecule has 0 fully saturated rings. The fourth-order valence-electron chi connectivity index (χ4n) is 2.48. The molecule has 0 saturated heterocycles. The Hall–Kier alpha value is -2.07. The van der Waals surface area contributed by atoms with Crippen molar-refractivity contribution in [1.29, 1.82) is 0 Å². The number of fused-ring (bicyclic) bond motifs is 3. The van der Waals surface area contributed by atoms with Crippen molar-refractivity contribution in [2.75, 3.05) is 21.3 Å². The Balaban J connectivity index is 2.47. The van der Waals surface area contributed by atoms with Crippen LogP contribution in [0.15, 0.2) is 24.3 Å². The molecule has 3 aromatic rings. The Morgan fingerprint density at radius 2 is 1.60 bits per heavy atom. The van der Waals surface area contributed by atoms with Crippen LogP contribution >= 0.6 is 11.6 Å². The Morgan fingerprint density at radius 3 is 2.25 bits per heavy atom. The van der Waals surface area contributed by atoms with Gasteiger partial charge >= 0.3 is 0 Å². The van der Waals surface area contributed by atoms with Crippen LogP contribution in [0.25, 0.3) is 21.8 Å². The Kier molecular flexibility index (Phi) is 3.10. The van der Waals surface area contributed by atoms with Gasteiger partial charge in [0.25, 0.3) is 0 Å². The molecule has 1 N–H and O–H groups in total. The monoisotopic (exact) mass is 291 g/mol. The van der Waals surface area contributed by atoms with Gasteiger partial charge in [0.2, 0.25) is 0 Å². The van der Waals surface area contributed by atoms with Gasteiger partial charge in [0.1, 0.15) is 5.75 Å². The molecule has 3 rings (SSSR count). The number of ether oxygens (including phenoxy) is 3. The highest BCUT2D eigenvalue weighted by atomic mass is 35.5. The van der Waals surface area contributed by atoms with E-state index in [0.717, 1.165) is 21.8 Å². The van der Waals surface area contributed by atoms with Crippen molar-refractivity contribution >= 4 is 33.4 Å². The summed E-state index contributed by atoms with van der Waals surface area (Å²) in [6.07, 6.45) is 0. The molecule has 0 aliphatic carbocycles. The van der Waals surface area contributed by atoms with Gasteiger partial charge in [-0.05, 0) is 18.2 Å². The zero-order valence-corrected chi connectivity index (χ0v) is 12.2. The molecule has 4 nitrogen and oxygen atoms in total. The van der Waals surface area contributed by atoms with Crippen LogP contribution < -0.4 is 14.2 Å². The highest BCUT2D eigenvalue weighted by Crippen LogP contribution is 2.41. The number of rotatable bonds is 3. The van der Waals surface area contributed by atoms with Gasteiger partial charge in [-0.3, -0.25) is 0 Å². The molecule has 0 spiro atoms. The summed E-state index contributed by atoms with van der Waals surface area (Å²) in [5.41, 5.74) is 1.75. The lowest BCUT2D eigenvalue weighted by Gasteiger charge is -2.07. The lowest BCUT2D eigenvalue weighted by atomic mass is 10.1. The Bertz CT molecular complexity index is 795. The molecule has 0 radical (unpaired) electrons. The molecular weight excluding hydrogens is 278 g/mol. The summed E-state index contributed by atoms with van der Waals surface area (Å²) < 4.78 is 16.2. The predicted octanol–water partition coefficient (Wildman–Crippen LogP) is 4.00. The van der Waals surface area contributed by atoms with Crippen molar-refractivity contribution in [3.05, 3.63) is 29.3 Å². The molecule has 0 unspecified atom stereocenters. The van der Waals surface area contributed by atoms with Gasteiger partial charge in [-0.15, -0.1) is 0 Å². The summed E-state index contributed by atoms with van der Waals surface area (Å²) in [4.78, 5) is 3.33. The summed E-state index contributed by atoms with van der Waals surface area (Å²) in [5.74, 6) is 2.04. The zero-order valence-electron chi connectivity index (χ0n) is 11.4. The van der Waals surface area contributed by atoms with Crippen molar-refractivity contribution in [2.24, 2.45) is 0 Å². The summed E-state index contributed by atoms with van der Waals surface area (Å²) >= 11 is 6.14. The summed E-state index contributed by atoms with van der Waals surface area (Å²) in [6.45, 7) is 0. The minimum Gasteiger partial charge on any atom is -0.495 e. The number of hydrogen-bond acceptors (Lipinski definition) is 3. The number of hydrogen-bond donors (Lipinski definition) is 1. The molecule has 0 amide bonds. The second-order valence-electron chi connectivity index (χ2n) is 4.38. The van der Waals surface area contributed by atoms with Gasteiger partial charge in [0.15, 0.2) is 11.5 Å². The van der Waals surface area contributed by atoms with Crippen molar-refractivity contribution < 1.29 is 14.2 Å². The number of methoxy groups -OCH3 is 3. The van der Waals surface area contributed by atoms with Crippen LogP contribution in [-0.2, 0) is 0 Å². The molecule has 5 heteroatoms. The minimum atomic E-state index is 0.630. The van der Waals surface area contributed by atoms with Crippen molar-refractivity contribution in [3.8, 4) is 17.2 Å². The average molecular weight is 292 g/mol. The van der Waals surface area contributed by atoms with Gasteiger partial charge in [0, 0.05) is 21.9 Å². The number of H-pyrrole nitrogens is 1. The van der Waals surface area contributed by atoms with Crippen LogP contribution in [0.3, 0.4) is 0 Å².